The average molecular weight is 323 g/mol. The van der Waals surface area contributed by atoms with E-state index in [1.54, 1.807) is 18.2 Å². The minimum atomic E-state index is -0.328. The number of hydrogen-bond acceptors (Lipinski definition) is 1. The highest BCUT2D eigenvalue weighted by molar-refractivity contribution is 6.42. The highest BCUT2D eigenvalue weighted by atomic mass is 35.5. The van der Waals surface area contributed by atoms with Crippen molar-refractivity contribution in [2.75, 3.05) is 10.6 Å². The summed E-state index contributed by atoms with van der Waals surface area (Å²) in [4.78, 5) is 11.9. The van der Waals surface area contributed by atoms with Gasteiger partial charge in [0.1, 0.15) is 0 Å². The summed E-state index contributed by atoms with van der Waals surface area (Å²) in [7, 11) is 0. The third kappa shape index (κ3) is 4.38. The Labute approximate surface area is 134 Å². The van der Waals surface area contributed by atoms with Crippen LogP contribution >= 0.6 is 23.2 Å². The van der Waals surface area contributed by atoms with Crippen LogP contribution < -0.4 is 10.6 Å². The molecule has 0 atom stereocenters. The third-order valence-corrected chi connectivity index (χ3v) is 3.75. The van der Waals surface area contributed by atoms with Crippen molar-refractivity contribution in [3.05, 3.63) is 58.1 Å². The smallest absolute Gasteiger partial charge is 0.308 e. The molecule has 21 heavy (non-hydrogen) atoms. The predicted octanol–water partition coefficient (Wildman–Crippen LogP) is 5.76. The first-order valence-electron chi connectivity index (χ1n) is 6.58. The van der Waals surface area contributed by atoms with E-state index in [-0.39, 0.29) is 6.03 Å². The lowest BCUT2D eigenvalue weighted by atomic mass is 10.0. The fourth-order valence-corrected chi connectivity index (χ4v) is 2.12. The zero-order chi connectivity index (χ0) is 15.4. The number of urea groups is 1. The summed E-state index contributed by atoms with van der Waals surface area (Å²) in [5.41, 5.74) is 2.54. The van der Waals surface area contributed by atoms with Crippen LogP contribution in [0.25, 0.3) is 0 Å². The molecule has 0 aromatic heterocycles. The summed E-state index contributed by atoms with van der Waals surface area (Å²) < 4.78 is 0. The Morgan fingerprint density at radius 3 is 2.05 bits per heavy atom. The van der Waals surface area contributed by atoms with Gasteiger partial charge in [0.2, 0.25) is 0 Å². The Hall–Kier alpha value is -1.71. The summed E-state index contributed by atoms with van der Waals surface area (Å²) in [5, 5.41) is 6.32. The van der Waals surface area contributed by atoms with Gasteiger partial charge >= 0.3 is 6.03 Å². The number of amides is 2. The van der Waals surface area contributed by atoms with Gasteiger partial charge in [0.05, 0.1) is 10.0 Å². The van der Waals surface area contributed by atoms with Crippen LogP contribution in [0.3, 0.4) is 0 Å². The van der Waals surface area contributed by atoms with E-state index in [1.165, 1.54) is 5.56 Å². The molecule has 0 radical (unpaired) electrons. The van der Waals surface area contributed by atoms with Crippen molar-refractivity contribution in [1.29, 1.82) is 0 Å². The van der Waals surface area contributed by atoms with Crippen molar-refractivity contribution in [2.45, 2.75) is 19.8 Å². The Bertz CT molecular complexity index is 639. The molecule has 0 saturated carbocycles. The van der Waals surface area contributed by atoms with Gasteiger partial charge in [-0.1, -0.05) is 49.2 Å². The van der Waals surface area contributed by atoms with Crippen molar-refractivity contribution < 1.29 is 4.79 Å². The van der Waals surface area contributed by atoms with Crippen molar-refractivity contribution >= 4 is 40.6 Å². The third-order valence-electron chi connectivity index (χ3n) is 3.01. The fourth-order valence-electron chi connectivity index (χ4n) is 1.82. The molecule has 0 aliphatic carbocycles. The van der Waals surface area contributed by atoms with Crippen LogP contribution in [-0.2, 0) is 0 Å². The highest BCUT2D eigenvalue weighted by Gasteiger charge is 2.05. The number of carbonyl (C=O) groups is 1. The van der Waals surface area contributed by atoms with Gasteiger partial charge in [-0.3, -0.25) is 0 Å². The number of rotatable bonds is 3. The second-order valence-corrected chi connectivity index (χ2v) is 5.80. The molecule has 2 amide bonds. The van der Waals surface area contributed by atoms with E-state index in [4.69, 9.17) is 23.2 Å². The van der Waals surface area contributed by atoms with Gasteiger partial charge in [0, 0.05) is 11.4 Å². The van der Waals surface area contributed by atoms with Gasteiger partial charge in [-0.05, 0) is 41.8 Å². The number of halogens is 2. The number of nitrogens with one attached hydrogen (secondary N) is 2. The van der Waals surface area contributed by atoms with E-state index < -0.39 is 0 Å². The molecule has 0 bridgehead atoms. The average Bonchev–Trinajstić information content (AvgIpc) is 2.43. The van der Waals surface area contributed by atoms with E-state index in [0.717, 1.165) is 5.69 Å². The van der Waals surface area contributed by atoms with Gasteiger partial charge in [-0.15, -0.1) is 0 Å². The molecule has 0 unspecified atom stereocenters. The van der Waals surface area contributed by atoms with Gasteiger partial charge in [-0.2, -0.15) is 0 Å². The number of benzene rings is 2. The van der Waals surface area contributed by atoms with Crippen LogP contribution in [0.5, 0.6) is 0 Å². The molecule has 0 heterocycles. The van der Waals surface area contributed by atoms with Crippen LogP contribution in [0.4, 0.5) is 16.2 Å². The number of anilines is 2. The minimum absolute atomic E-state index is 0.328. The minimum Gasteiger partial charge on any atom is -0.308 e. The molecule has 2 aromatic carbocycles. The zero-order valence-electron chi connectivity index (χ0n) is 11.8. The van der Waals surface area contributed by atoms with Crippen LogP contribution in [0.2, 0.25) is 10.0 Å². The Morgan fingerprint density at radius 2 is 1.48 bits per heavy atom. The van der Waals surface area contributed by atoms with Gasteiger partial charge in [0.25, 0.3) is 0 Å². The van der Waals surface area contributed by atoms with E-state index in [0.29, 0.717) is 21.7 Å². The highest BCUT2D eigenvalue weighted by Crippen LogP contribution is 2.25. The van der Waals surface area contributed by atoms with Crippen molar-refractivity contribution in [1.82, 2.24) is 0 Å². The van der Waals surface area contributed by atoms with Crippen LogP contribution in [-0.4, -0.2) is 6.03 Å². The molecule has 5 heteroatoms. The summed E-state index contributed by atoms with van der Waals surface area (Å²) in [6, 6.07) is 12.4. The van der Waals surface area contributed by atoms with E-state index in [1.807, 2.05) is 24.3 Å². The topological polar surface area (TPSA) is 41.1 Å². The largest absolute Gasteiger partial charge is 0.323 e. The molecule has 2 N–H and O–H groups in total. The molecular weight excluding hydrogens is 307 g/mol. The van der Waals surface area contributed by atoms with Crippen molar-refractivity contribution in [3.8, 4) is 0 Å². The Morgan fingerprint density at radius 1 is 0.905 bits per heavy atom. The molecule has 0 fully saturated rings. The fraction of sp³-hybridized carbons (Fsp3) is 0.188. The molecule has 0 saturated heterocycles. The quantitative estimate of drug-likeness (QED) is 0.740. The standard InChI is InChI=1S/C16H16Cl2N2O/c1-10(2)11-3-5-12(6-4-11)19-16(21)20-13-7-8-14(17)15(18)9-13/h3-10H,1-2H3,(H2,19,20,21). The van der Waals surface area contributed by atoms with E-state index >= 15 is 0 Å². The van der Waals surface area contributed by atoms with Gasteiger partial charge < -0.3 is 10.6 Å². The first-order valence-corrected chi connectivity index (χ1v) is 7.34. The maximum Gasteiger partial charge on any atom is 0.323 e. The molecule has 2 aromatic rings. The molecule has 3 nitrogen and oxygen atoms in total. The first-order chi connectivity index (χ1) is 9.95. The van der Waals surface area contributed by atoms with Gasteiger partial charge in [-0.25, -0.2) is 4.79 Å². The van der Waals surface area contributed by atoms with Crippen LogP contribution in [0.1, 0.15) is 25.3 Å². The summed E-state index contributed by atoms with van der Waals surface area (Å²) in [6.07, 6.45) is 0. The number of carbonyl (C=O) groups excluding carboxylic acids is 1. The number of hydrogen-bond donors (Lipinski definition) is 2. The maximum atomic E-state index is 11.9. The molecule has 0 aliphatic heterocycles. The summed E-state index contributed by atoms with van der Waals surface area (Å²) in [5.74, 6) is 0.462. The van der Waals surface area contributed by atoms with E-state index in [2.05, 4.69) is 24.5 Å². The SMILES string of the molecule is CC(C)c1ccc(NC(=O)Nc2ccc(Cl)c(Cl)c2)cc1. The van der Waals surface area contributed by atoms with E-state index in [9.17, 15) is 4.79 Å². The molecule has 0 spiro atoms. The second-order valence-electron chi connectivity index (χ2n) is 4.98. The monoisotopic (exact) mass is 322 g/mol. The normalized spacial score (nSPS) is 10.5. The van der Waals surface area contributed by atoms with Crippen molar-refractivity contribution in [3.63, 3.8) is 0 Å². The Kier molecular flexibility index (Phi) is 5.10. The van der Waals surface area contributed by atoms with Crippen molar-refractivity contribution in [2.24, 2.45) is 0 Å². The Balaban J connectivity index is 1.99. The molecule has 110 valence electrons. The molecule has 2 rings (SSSR count). The summed E-state index contributed by atoms with van der Waals surface area (Å²) in [6.45, 7) is 4.25. The predicted molar refractivity (Wildman–Crippen MR) is 89.6 cm³/mol. The lowest BCUT2D eigenvalue weighted by molar-refractivity contribution is 0.262. The zero-order valence-corrected chi connectivity index (χ0v) is 13.3. The van der Waals surface area contributed by atoms with Crippen LogP contribution in [0, 0.1) is 0 Å². The van der Waals surface area contributed by atoms with Crippen LogP contribution in [0.15, 0.2) is 42.5 Å². The second kappa shape index (κ2) is 6.83. The maximum absolute atomic E-state index is 11.9. The lowest BCUT2D eigenvalue weighted by Gasteiger charge is -2.10. The summed E-state index contributed by atoms with van der Waals surface area (Å²) >= 11 is 11.7. The lowest BCUT2D eigenvalue weighted by Crippen LogP contribution is -2.19. The first kappa shape index (κ1) is 15.7. The van der Waals surface area contributed by atoms with Gasteiger partial charge in [0.15, 0.2) is 0 Å². The molecule has 0 aliphatic rings. The molecular formula is C16H16Cl2N2O.